The number of rotatable bonds is 9. The molecule has 0 saturated carbocycles. The zero-order chi connectivity index (χ0) is 20.6. The third kappa shape index (κ3) is 5.36. The highest BCUT2D eigenvalue weighted by Gasteiger charge is 2.17. The molecule has 0 radical (unpaired) electrons. The minimum absolute atomic E-state index is 0.0719. The molecule has 2 aromatic heterocycles. The van der Waals surface area contributed by atoms with E-state index >= 15 is 0 Å². The fourth-order valence-corrected chi connectivity index (χ4v) is 3.79. The zero-order valence-corrected chi connectivity index (χ0v) is 17.0. The van der Waals surface area contributed by atoms with Crippen molar-refractivity contribution in [2.24, 2.45) is 0 Å². The molecule has 0 aliphatic heterocycles. The quantitative estimate of drug-likeness (QED) is 0.418. The van der Waals surface area contributed by atoms with Gasteiger partial charge in [0.05, 0.1) is 18.1 Å². The SMILES string of the molecule is O=C(CSc1nnnn1Cc1ccco1)NC(Cc1ccccc1)c1ccccc1. The summed E-state index contributed by atoms with van der Waals surface area (Å²) in [6, 6.07) is 23.7. The minimum atomic E-state index is -0.110. The number of aromatic nitrogens is 4. The van der Waals surface area contributed by atoms with E-state index in [2.05, 4.69) is 33.0 Å². The summed E-state index contributed by atoms with van der Waals surface area (Å²) in [5.74, 6) is 0.898. The van der Waals surface area contributed by atoms with Gasteiger partial charge in [0, 0.05) is 0 Å². The molecule has 1 amide bonds. The average molecular weight is 420 g/mol. The predicted molar refractivity (Wildman–Crippen MR) is 114 cm³/mol. The number of amides is 1. The van der Waals surface area contributed by atoms with E-state index in [0.717, 1.165) is 17.7 Å². The van der Waals surface area contributed by atoms with Crippen LogP contribution in [-0.2, 0) is 17.8 Å². The molecule has 1 unspecified atom stereocenters. The normalized spacial score (nSPS) is 11.9. The maximum absolute atomic E-state index is 12.7. The van der Waals surface area contributed by atoms with Crippen molar-refractivity contribution >= 4 is 17.7 Å². The first-order valence-corrected chi connectivity index (χ1v) is 10.6. The monoisotopic (exact) mass is 419 g/mol. The van der Waals surface area contributed by atoms with E-state index in [1.165, 1.54) is 17.3 Å². The summed E-state index contributed by atoms with van der Waals surface area (Å²) in [7, 11) is 0. The molecule has 1 N–H and O–H groups in total. The van der Waals surface area contributed by atoms with E-state index in [9.17, 15) is 4.79 Å². The number of nitrogens with zero attached hydrogens (tertiary/aromatic N) is 4. The van der Waals surface area contributed by atoms with Gasteiger partial charge in [-0.25, -0.2) is 4.68 Å². The van der Waals surface area contributed by atoms with Crippen LogP contribution in [0.4, 0.5) is 0 Å². The summed E-state index contributed by atoms with van der Waals surface area (Å²) in [4.78, 5) is 12.7. The van der Waals surface area contributed by atoms with Gasteiger partial charge >= 0.3 is 0 Å². The molecule has 0 aliphatic carbocycles. The summed E-state index contributed by atoms with van der Waals surface area (Å²) in [5, 5.41) is 15.4. The van der Waals surface area contributed by atoms with Crippen LogP contribution in [0.1, 0.15) is 22.9 Å². The van der Waals surface area contributed by atoms with Gasteiger partial charge < -0.3 is 9.73 Å². The van der Waals surface area contributed by atoms with Gasteiger partial charge in [-0.3, -0.25) is 4.79 Å². The van der Waals surface area contributed by atoms with Crippen LogP contribution in [0.5, 0.6) is 0 Å². The van der Waals surface area contributed by atoms with Crippen molar-refractivity contribution in [2.75, 3.05) is 5.75 Å². The number of furan rings is 1. The maximum Gasteiger partial charge on any atom is 0.230 e. The van der Waals surface area contributed by atoms with E-state index in [-0.39, 0.29) is 17.7 Å². The van der Waals surface area contributed by atoms with E-state index in [4.69, 9.17) is 4.42 Å². The maximum atomic E-state index is 12.7. The van der Waals surface area contributed by atoms with Gasteiger partial charge in [0.15, 0.2) is 0 Å². The van der Waals surface area contributed by atoms with Crippen LogP contribution in [-0.4, -0.2) is 31.9 Å². The van der Waals surface area contributed by atoms with Gasteiger partial charge in [-0.05, 0) is 40.1 Å². The summed E-state index contributed by atoms with van der Waals surface area (Å²) < 4.78 is 6.96. The summed E-state index contributed by atoms with van der Waals surface area (Å²) in [5.41, 5.74) is 2.24. The molecule has 152 valence electrons. The molecular formula is C22H21N5O2S. The second kappa shape index (κ2) is 9.89. The van der Waals surface area contributed by atoms with Gasteiger partial charge in [0.2, 0.25) is 11.1 Å². The van der Waals surface area contributed by atoms with Crippen molar-refractivity contribution in [1.82, 2.24) is 25.5 Å². The Bertz CT molecular complexity index is 1050. The van der Waals surface area contributed by atoms with Crippen molar-refractivity contribution in [1.29, 1.82) is 0 Å². The highest BCUT2D eigenvalue weighted by molar-refractivity contribution is 7.99. The molecule has 8 heteroatoms. The molecule has 4 rings (SSSR count). The van der Waals surface area contributed by atoms with Crippen LogP contribution in [0.15, 0.2) is 88.6 Å². The first-order chi connectivity index (χ1) is 14.8. The number of hydrogen-bond acceptors (Lipinski definition) is 6. The van der Waals surface area contributed by atoms with E-state index in [0.29, 0.717) is 11.7 Å². The lowest BCUT2D eigenvalue weighted by atomic mass is 9.99. The molecule has 7 nitrogen and oxygen atoms in total. The highest BCUT2D eigenvalue weighted by Crippen LogP contribution is 2.20. The molecule has 30 heavy (non-hydrogen) atoms. The summed E-state index contributed by atoms with van der Waals surface area (Å²) in [6.07, 6.45) is 2.33. The Morgan fingerprint density at radius 3 is 2.53 bits per heavy atom. The number of benzene rings is 2. The topological polar surface area (TPSA) is 85.8 Å². The Balaban J connectivity index is 1.39. The Hall–Kier alpha value is -3.39. The van der Waals surface area contributed by atoms with Crippen molar-refractivity contribution in [2.45, 2.75) is 24.2 Å². The molecule has 0 bridgehead atoms. The number of carbonyl (C=O) groups is 1. The summed E-state index contributed by atoms with van der Waals surface area (Å²) >= 11 is 1.30. The molecule has 2 aromatic carbocycles. The standard InChI is InChI=1S/C22H21N5O2S/c28-21(16-30-22-24-25-26-27(22)15-19-12-7-13-29-19)23-20(18-10-5-2-6-11-18)14-17-8-3-1-4-9-17/h1-13,20H,14-16H2,(H,23,28). The molecule has 0 aliphatic rings. The zero-order valence-electron chi connectivity index (χ0n) is 16.2. The molecule has 0 fully saturated rings. The number of hydrogen-bond donors (Lipinski definition) is 1. The number of carbonyl (C=O) groups excluding carboxylic acids is 1. The lowest BCUT2D eigenvalue weighted by molar-refractivity contribution is -0.119. The predicted octanol–water partition coefficient (Wildman–Crippen LogP) is 3.51. The van der Waals surface area contributed by atoms with Crippen molar-refractivity contribution in [3.05, 3.63) is 95.9 Å². The molecule has 1 atom stereocenters. The Labute approximate surface area is 178 Å². The summed E-state index contributed by atoms with van der Waals surface area (Å²) in [6.45, 7) is 0.421. The van der Waals surface area contributed by atoms with Crippen LogP contribution >= 0.6 is 11.8 Å². The van der Waals surface area contributed by atoms with Gasteiger partial charge in [-0.1, -0.05) is 72.4 Å². The fraction of sp³-hybridized carbons (Fsp3) is 0.182. The fourth-order valence-electron chi connectivity index (χ4n) is 3.10. The van der Waals surface area contributed by atoms with Gasteiger partial charge in [-0.15, -0.1) is 5.10 Å². The lowest BCUT2D eigenvalue weighted by Crippen LogP contribution is -2.31. The van der Waals surface area contributed by atoms with Crippen molar-refractivity contribution in [3.8, 4) is 0 Å². The Morgan fingerprint density at radius 2 is 1.80 bits per heavy atom. The van der Waals surface area contributed by atoms with E-state index < -0.39 is 0 Å². The molecule has 0 spiro atoms. The van der Waals surface area contributed by atoms with Crippen LogP contribution in [0.2, 0.25) is 0 Å². The van der Waals surface area contributed by atoms with E-state index in [1.54, 1.807) is 10.9 Å². The van der Waals surface area contributed by atoms with Crippen molar-refractivity contribution < 1.29 is 9.21 Å². The van der Waals surface area contributed by atoms with Gasteiger partial charge in [0.1, 0.15) is 12.3 Å². The largest absolute Gasteiger partial charge is 0.467 e. The Kier molecular flexibility index (Phi) is 6.56. The van der Waals surface area contributed by atoms with Crippen LogP contribution in [0.25, 0.3) is 0 Å². The van der Waals surface area contributed by atoms with Gasteiger partial charge in [-0.2, -0.15) is 0 Å². The molecule has 2 heterocycles. The first kappa shape index (κ1) is 19.9. The second-order valence-corrected chi connectivity index (χ2v) is 7.65. The average Bonchev–Trinajstić information content (AvgIpc) is 3.46. The third-order valence-electron chi connectivity index (χ3n) is 4.54. The second-order valence-electron chi connectivity index (χ2n) is 6.71. The van der Waals surface area contributed by atoms with Crippen LogP contribution < -0.4 is 5.32 Å². The van der Waals surface area contributed by atoms with Crippen LogP contribution in [0.3, 0.4) is 0 Å². The highest BCUT2D eigenvalue weighted by atomic mass is 32.2. The number of nitrogens with one attached hydrogen (secondary N) is 1. The van der Waals surface area contributed by atoms with Crippen molar-refractivity contribution in [3.63, 3.8) is 0 Å². The minimum Gasteiger partial charge on any atom is -0.467 e. The van der Waals surface area contributed by atoms with Gasteiger partial charge in [0.25, 0.3) is 0 Å². The number of thioether (sulfide) groups is 1. The van der Waals surface area contributed by atoms with Crippen LogP contribution in [0, 0.1) is 0 Å². The molecule has 4 aromatic rings. The van der Waals surface area contributed by atoms with E-state index in [1.807, 2.05) is 60.7 Å². The first-order valence-electron chi connectivity index (χ1n) is 9.57. The number of tetrazole rings is 1. The molecule has 0 saturated heterocycles. The smallest absolute Gasteiger partial charge is 0.230 e. The Morgan fingerprint density at radius 1 is 1.03 bits per heavy atom. The third-order valence-corrected chi connectivity index (χ3v) is 5.49. The lowest BCUT2D eigenvalue weighted by Gasteiger charge is -2.19. The molecular weight excluding hydrogens is 398 g/mol.